The molecule has 1 amide bonds. The summed E-state index contributed by atoms with van der Waals surface area (Å²) in [6.07, 6.45) is 2.39. The minimum atomic E-state index is -0.298. The summed E-state index contributed by atoms with van der Waals surface area (Å²) < 4.78 is 13.1. The zero-order valence-corrected chi connectivity index (χ0v) is 13.0. The number of pyridine rings is 1. The second kappa shape index (κ2) is 6.75. The number of anilines is 1. The molecule has 0 fully saturated rings. The van der Waals surface area contributed by atoms with Crippen LogP contribution in [0.25, 0.3) is 10.9 Å². The first-order valence-corrected chi connectivity index (χ1v) is 7.58. The van der Waals surface area contributed by atoms with Crippen LogP contribution in [0.15, 0.2) is 54.7 Å². The van der Waals surface area contributed by atoms with Crippen molar-refractivity contribution < 1.29 is 9.18 Å². The lowest BCUT2D eigenvalue weighted by Crippen LogP contribution is -2.13. The summed E-state index contributed by atoms with van der Waals surface area (Å²) in [5.74, 6) is -0.462. The number of rotatable bonds is 4. The van der Waals surface area contributed by atoms with Crippen molar-refractivity contribution in [2.24, 2.45) is 0 Å². The molecule has 0 aliphatic carbocycles. The van der Waals surface area contributed by atoms with E-state index in [9.17, 15) is 9.18 Å². The van der Waals surface area contributed by atoms with E-state index in [4.69, 9.17) is 11.6 Å². The van der Waals surface area contributed by atoms with Gasteiger partial charge in [-0.15, -0.1) is 0 Å². The number of carbonyl (C=O) groups is 1. The molecule has 0 atom stereocenters. The number of fused-ring (bicyclic) bond motifs is 1. The first-order valence-electron chi connectivity index (χ1n) is 7.20. The molecule has 0 unspecified atom stereocenters. The smallest absolute Gasteiger partial charge is 0.224 e. The molecule has 1 heterocycles. The third-order valence-corrected chi connectivity index (χ3v) is 3.69. The van der Waals surface area contributed by atoms with Crippen molar-refractivity contribution in [3.63, 3.8) is 0 Å². The Morgan fingerprint density at radius 3 is 2.87 bits per heavy atom. The van der Waals surface area contributed by atoms with E-state index in [0.29, 0.717) is 22.6 Å². The summed E-state index contributed by atoms with van der Waals surface area (Å²) in [7, 11) is 0. The lowest BCUT2D eigenvalue weighted by Gasteiger charge is -2.09. The van der Waals surface area contributed by atoms with Gasteiger partial charge in [-0.3, -0.25) is 9.78 Å². The molecule has 2 aromatic carbocycles. The number of nitrogens with zero attached hydrogens (tertiary/aromatic N) is 1. The van der Waals surface area contributed by atoms with Crippen LogP contribution in [0.3, 0.4) is 0 Å². The predicted octanol–water partition coefficient (Wildman–Crippen LogP) is 4.60. The number of hydrogen-bond acceptors (Lipinski definition) is 2. The molecule has 0 saturated heterocycles. The van der Waals surface area contributed by atoms with Crippen LogP contribution in [-0.4, -0.2) is 10.9 Å². The summed E-state index contributed by atoms with van der Waals surface area (Å²) in [5.41, 5.74) is 2.06. The van der Waals surface area contributed by atoms with Crippen molar-refractivity contribution in [3.05, 3.63) is 71.1 Å². The fraction of sp³-hybridized carbons (Fsp3) is 0.111. The Labute approximate surface area is 138 Å². The molecule has 116 valence electrons. The highest BCUT2D eigenvalue weighted by molar-refractivity contribution is 6.32. The van der Waals surface area contributed by atoms with Gasteiger partial charge in [-0.1, -0.05) is 29.8 Å². The number of aromatic nitrogens is 1. The highest BCUT2D eigenvalue weighted by atomic mass is 35.5. The lowest BCUT2D eigenvalue weighted by molar-refractivity contribution is -0.116. The Balaban J connectivity index is 1.73. The zero-order valence-electron chi connectivity index (χ0n) is 12.2. The zero-order chi connectivity index (χ0) is 16.2. The van der Waals surface area contributed by atoms with Crippen LogP contribution in [0.5, 0.6) is 0 Å². The molecule has 0 bridgehead atoms. The summed E-state index contributed by atoms with van der Waals surface area (Å²) >= 11 is 6.08. The van der Waals surface area contributed by atoms with Crippen molar-refractivity contribution in [1.29, 1.82) is 0 Å². The average Bonchev–Trinajstić information content (AvgIpc) is 2.53. The number of halogens is 2. The number of carbonyl (C=O) groups excluding carboxylic acids is 1. The van der Waals surface area contributed by atoms with Gasteiger partial charge in [0.05, 0.1) is 11.2 Å². The molecular weight excluding hydrogens is 315 g/mol. The molecule has 5 heteroatoms. The topological polar surface area (TPSA) is 42.0 Å². The van der Waals surface area contributed by atoms with Gasteiger partial charge in [-0.2, -0.15) is 0 Å². The quantitative estimate of drug-likeness (QED) is 0.760. The standard InChI is InChI=1S/C18H14ClFN2O/c19-14-10-13-4-2-8-21-18(13)16(11-14)22-17(23)7-6-12-3-1-5-15(20)9-12/h1-5,8-11H,6-7H2,(H,22,23). The Hall–Kier alpha value is -2.46. The maximum absolute atomic E-state index is 13.1. The molecule has 3 aromatic rings. The molecule has 3 rings (SSSR count). The van der Waals surface area contributed by atoms with Crippen molar-refractivity contribution in [2.75, 3.05) is 5.32 Å². The minimum Gasteiger partial charge on any atom is -0.324 e. The summed E-state index contributed by atoms with van der Waals surface area (Å²) in [5, 5.41) is 4.23. The van der Waals surface area contributed by atoms with Crippen LogP contribution in [0.4, 0.5) is 10.1 Å². The second-order valence-electron chi connectivity index (χ2n) is 5.21. The van der Waals surface area contributed by atoms with Crippen molar-refractivity contribution in [3.8, 4) is 0 Å². The number of benzene rings is 2. The fourth-order valence-electron chi connectivity index (χ4n) is 2.41. The third kappa shape index (κ3) is 3.85. The monoisotopic (exact) mass is 328 g/mol. The normalized spacial score (nSPS) is 10.7. The van der Waals surface area contributed by atoms with Gasteiger partial charge >= 0.3 is 0 Å². The lowest BCUT2D eigenvalue weighted by atomic mass is 10.1. The van der Waals surface area contributed by atoms with Crippen LogP contribution >= 0.6 is 11.6 Å². The molecule has 1 N–H and O–H groups in total. The van der Waals surface area contributed by atoms with Crippen LogP contribution in [-0.2, 0) is 11.2 Å². The molecule has 0 aliphatic rings. The highest BCUT2D eigenvalue weighted by Gasteiger charge is 2.09. The molecule has 3 nitrogen and oxygen atoms in total. The summed E-state index contributed by atoms with van der Waals surface area (Å²) in [4.78, 5) is 16.4. The predicted molar refractivity (Wildman–Crippen MR) is 90.1 cm³/mol. The van der Waals surface area contributed by atoms with Crippen molar-refractivity contribution in [2.45, 2.75) is 12.8 Å². The largest absolute Gasteiger partial charge is 0.324 e. The number of nitrogens with one attached hydrogen (secondary N) is 1. The molecular formula is C18H14ClFN2O. The van der Waals surface area contributed by atoms with Crippen LogP contribution in [0, 0.1) is 5.82 Å². The third-order valence-electron chi connectivity index (χ3n) is 3.47. The van der Waals surface area contributed by atoms with Gasteiger partial charge < -0.3 is 5.32 Å². The van der Waals surface area contributed by atoms with E-state index < -0.39 is 0 Å². The Bertz CT molecular complexity index is 867. The van der Waals surface area contributed by atoms with Gasteiger partial charge in [-0.05, 0) is 42.3 Å². The molecule has 0 saturated carbocycles. The second-order valence-corrected chi connectivity index (χ2v) is 5.64. The van der Waals surface area contributed by atoms with E-state index in [2.05, 4.69) is 10.3 Å². The number of hydrogen-bond donors (Lipinski definition) is 1. The van der Waals surface area contributed by atoms with Gasteiger partial charge in [0.15, 0.2) is 0 Å². The van der Waals surface area contributed by atoms with Gasteiger partial charge in [0, 0.05) is 23.0 Å². The Morgan fingerprint density at radius 1 is 1.17 bits per heavy atom. The van der Waals surface area contributed by atoms with E-state index >= 15 is 0 Å². The molecule has 0 spiro atoms. The number of amides is 1. The molecule has 23 heavy (non-hydrogen) atoms. The average molecular weight is 329 g/mol. The minimum absolute atomic E-state index is 0.163. The van der Waals surface area contributed by atoms with Crippen molar-refractivity contribution in [1.82, 2.24) is 4.98 Å². The van der Waals surface area contributed by atoms with E-state index in [1.165, 1.54) is 12.1 Å². The maximum atomic E-state index is 13.1. The molecule has 0 aliphatic heterocycles. The first-order chi connectivity index (χ1) is 11.1. The van der Waals surface area contributed by atoms with E-state index in [0.717, 1.165) is 10.9 Å². The molecule has 0 radical (unpaired) electrons. The van der Waals surface area contributed by atoms with Crippen molar-refractivity contribution >= 4 is 34.1 Å². The van der Waals surface area contributed by atoms with Gasteiger partial charge in [0.1, 0.15) is 5.82 Å². The van der Waals surface area contributed by atoms with Gasteiger partial charge in [-0.25, -0.2) is 4.39 Å². The Morgan fingerprint density at radius 2 is 2.04 bits per heavy atom. The summed E-state index contributed by atoms with van der Waals surface area (Å²) in [6.45, 7) is 0. The van der Waals surface area contributed by atoms with E-state index in [1.54, 1.807) is 30.5 Å². The van der Waals surface area contributed by atoms with E-state index in [1.807, 2.05) is 12.1 Å². The maximum Gasteiger partial charge on any atom is 0.224 e. The first kappa shape index (κ1) is 15.4. The van der Waals surface area contributed by atoms with Gasteiger partial charge in [0.25, 0.3) is 0 Å². The summed E-state index contributed by atoms with van der Waals surface area (Å²) in [6, 6.07) is 13.4. The fourth-order valence-corrected chi connectivity index (χ4v) is 2.64. The van der Waals surface area contributed by atoms with Crippen LogP contribution in [0.1, 0.15) is 12.0 Å². The van der Waals surface area contributed by atoms with Crippen LogP contribution < -0.4 is 5.32 Å². The SMILES string of the molecule is O=C(CCc1cccc(F)c1)Nc1cc(Cl)cc2cccnc12. The van der Waals surface area contributed by atoms with Crippen LogP contribution in [0.2, 0.25) is 5.02 Å². The van der Waals surface area contributed by atoms with Gasteiger partial charge in [0.2, 0.25) is 5.91 Å². The number of aryl methyl sites for hydroxylation is 1. The Kier molecular flexibility index (Phi) is 4.53. The highest BCUT2D eigenvalue weighted by Crippen LogP contribution is 2.26. The molecule has 1 aromatic heterocycles. The van der Waals surface area contributed by atoms with E-state index in [-0.39, 0.29) is 18.1 Å².